The lowest BCUT2D eigenvalue weighted by atomic mass is 10.2. The summed E-state index contributed by atoms with van der Waals surface area (Å²) in [7, 11) is 0. The predicted molar refractivity (Wildman–Crippen MR) is 67.4 cm³/mol. The second kappa shape index (κ2) is 6.01. The summed E-state index contributed by atoms with van der Waals surface area (Å²) >= 11 is 0. The highest BCUT2D eigenvalue weighted by Crippen LogP contribution is 2.29. The Labute approximate surface area is 118 Å². The molecule has 8 heteroatoms. The van der Waals surface area contributed by atoms with Gasteiger partial charge in [0, 0.05) is 12.2 Å². The van der Waals surface area contributed by atoms with Crippen molar-refractivity contribution in [2.24, 2.45) is 0 Å². The smallest absolute Gasteiger partial charge is 0.360 e. The van der Waals surface area contributed by atoms with E-state index in [9.17, 15) is 18.0 Å². The molecule has 21 heavy (non-hydrogen) atoms. The lowest BCUT2D eigenvalue weighted by molar-refractivity contribution is -0.137. The van der Waals surface area contributed by atoms with Crippen LogP contribution in [0.1, 0.15) is 5.56 Å². The summed E-state index contributed by atoms with van der Waals surface area (Å²) in [6.45, 7) is 0.701. The molecule has 1 heterocycles. The van der Waals surface area contributed by atoms with Crippen LogP contribution >= 0.6 is 0 Å². The van der Waals surface area contributed by atoms with Crippen molar-refractivity contribution in [3.63, 3.8) is 0 Å². The van der Waals surface area contributed by atoms with Crippen LogP contribution < -0.4 is 5.32 Å². The SMILES string of the molecule is N#CC1CN(C(=O)Nc2ccc(C(F)(F)F)cc2)CCO1. The maximum atomic E-state index is 12.4. The molecule has 1 aliphatic rings. The number of anilines is 1. The zero-order chi connectivity index (χ0) is 15.5. The van der Waals surface area contributed by atoms with Gasteiger partial charge in [-0.05, 0) is 24.3 Å². The highest BCUT2D eigenvalue weighted by Gasteiger charge is 2.30. The molecule has 112 valence electrons. The van der Waals surface area contributed by atoms with Gasteiger partial charge in [0.2, 0.25) is 0 Å². The van der Waals surface area contributed by atoms with Crippen molar-refractivity contribution in [1.82, 2.24) is 4.90 Å². The van der Waals surface area contributed by atoms with E-state index >= 15 is 0 Å². The molecule has 1 saturated heterocycles. The Morgan fingerprint density at radius 2 is 2.05 bits per heavy atom. The monoisotopic (exact) mass is 299 g/mol. The first kappa shape index (κ1) is 15.1. The van der Waals surface area contributed by atoms with Gasteiger partial charge in [-0.15, -0.1) is 0 Å². The molecule has 0 spiro atoms. The number of amides is 2. The Bertz CT molecular complexity index is 551. The number of ether oxygens (including phenoxy) is 1. The molecule has 1 N–H and O–H groups in total. The minimum atomic E-state index is -4.41. The Kier molecular flexibility index (Phi) is 4.33. The summed E-state index contributed by atoms with van der Waals surface area (Å²) in [5, 5.41) is 11.2. The second-order valence-corrected chi connectivity index (χ2v) is 4.44. The number of nitriles is 1. The molecule has 1 unspecified atom stereocenters. The quantitative estimate of drug-likeness (QED) is 0.866. The number of hydrogen-bond donors (Lipinski definition) is 1. The van der Waals surface area contributed by atoms with Crippen molar-refractivity contribution in [1.29, 1.82) is 5.26 Å². The maximum Gasteiger partial charge on any atom is 0.416 e. The number of benzene rings is 1. The largest absolute Gasteiger partial charge is 0.416 e. The number of carbonyl (C=O) groups is 1. The van der Waals surface area contributed by atoms with Crippen LogP contribution in [0.3, 0.4) is 0 Å². The van der Waals surface area contributed by atoms with Crippen molar-refractivity contribution in [3.8, 4) is 6.07 Å². The summed E-state index contributed by atoms with van der Waals surface area (Å²) < 4.78 is 42.3. The van der Waals surface area contributed by atoms with E-state index in [-0.39, 0.29) is 18.8 Å². The number of carbonyl (C=O) groups excluding carboxylic acids is 1. The van der Waals surface area contributed by atoms with Gasteiger partial charge in [-0.1, -0.05) is 0 Å². The first-order chi connectivity index (χ1) is 9.90. The van der Waals surface area contributed by atoms with Gasteiger partial charge in [-0.3, -0.25) is 0 Å². The Morgan fingerprint density at radius 3 is 2.62 bits per heavy atom. The van der Waals surface area contributed by atoms with E-state index in [0.29, 0.717) is 6.54 Å². The van der Waals surface area contributed by atoms with Gasteiger partial charge in [0.15, 0.2) is 6.10 Å². The fourth-order valence-corrected chi connectivity index (χ4v) is 1.86. The molecule has 1 atom stereocenters. The molecule has 2 rings (SSSR count). The highest BCUT2D eigenvalue weighted by atomic mass is 19.4. The number of rotatable bonds is 1. The second-order valence-electron chi connectivity index (χ2n) is 4.44. The van der Waals surface area contributed by atoms with Gasteiger partial charge >= 0.3 is 12.2 Å². The van der Waals surface area contributed by atoms with Crippen molar-refractivity contribution < 1.29 is 22.7 Å². The highest BCUT2D eigenvalue weighted by molar-refractivity contribution is 5.89. The number of hydrogen-bond acceptors (Lipinski definition) is 3. The number of urea groups is 1. The minimum Gasteiger partial charge on any atom is -0.360 e. The van der Waals surface area contributed by atoms with Crippen molar-refractivity contribution >= 4 is 11.7 Å². The number of halogens is 3. The Balaban J connectivity index is 1.98. The fraction of sp³-hybridized carbons (Fsp3) is 0.385. The van der Waals surface area contributed by atoms with Gasteiger partial charge in [0.05, 0.1) is 24.8 Å². The lowest BCUT2D eigenvalue weighted by Gasteiger charge is -2.29. The van der Waals surface area contributed by atoms with Crippen LogP contribution in [-0.2, 0) is 10.9 Å². The first-order valence-corrected chi connectivity index (χ1v) is 6.14. The van der Waals surface area contributed by atoms with Gasteiger partial charge in [-0.2, -0.15) is 18.4 Å². The topological polar surface area (TPSA) is 65.4 Å². The third kappa shape index (κ3) is 3.86. The minimum absolute atomic E-state index is 0.128. The van der Waals surface area contributed by atoms with Crippen molar-refractivity contribution in [2.45, 2.75) is 12.3 Å². The fourth-order valence-electron chi connectivity index (χ4n) is 1.86. The van der Waals surface area contributed by atoms with Crippen molar-refractivity contribution in [3.05, 3.63) is 29.8 Å². The summed E-state index contributed by atoms with van der Waals surface area (Å²) in [5.41, 5.74) is -0.524. The third-order valence-corrected chi connectivity index (χ3v) is 2.96. The van der Waals surface area contributed by atoms with E-state index in [1.165, 1.54) is 17.0 Å². The molecule has 1 aliphatic heterocycles. The normalized spacial score (nSPS) is 19.0. The van der Waals surface area contributed by atoms with Gasteiger partial charge in [0.25, 0.3) is 0 Å². The number of morpholine rings is 1. The van der Waals surface area contributed by atoms with Gasteiger partial charge < -0.3 is 15.0 Å². The predicted octanol–water partition coefficient (Wildman–Crippen LogP) is 2.46. The van der Waals surface area contributed by atoms with Crippen LogP contribution in [0.25, 0.3) is 0 Å². The molecule has 5 nitrogen and oxygen atoms in total. The summed E-state index contributed by atoms with van der Waals surface area (Å²) in [6.07, 6.45) is -5.09. The molecule has 0 radical (unpaired) electrons. The standard InChI is InChI=1S/C13H12F3N3O2/c14-13(15,16)9-1-3-10(4-2-9)18-12(20)19-5-6-21-11(7-17)8-19/h1-4,11H,5-6,8H2,(H,18,20). The molecular weight excluding hydrogens is 287 g/mol. The van der Waals surface area contributed by atoms with Gasteiger partial charge in [-0.25, -0.2) is 4.79 Å². The lowest BCUT2D eigenvalue weighted by Crippen LogP contribution is -2.46. The van der Waals surface area contributed by atoms with E-state index < -0.39 is 23.9 Å². The molecule has 1 fully saturated rings. The van der Waals surface area contributed by atoms with E-state index in [0.717, 1.165) is 12.1 Å². The van der Waals surface area contributed by atoms with E-state index in [2.05, 4.69) is 5.32 Å². The molecule has 0 saturated carbocycles. The molecule has 0 bridgehead atoms. The van der Waals surface area contributed by atoms with Crippen molar-refractivity contribution in [2.75, 3.05) is 25.0 Å². The molecule has 0 aliphatic carbocycles. The Morgan fingerprint density at radius 1 is 1.38 bits per heavy atom. The average molecular weight is 299 g/mol. The molecule has 2 amide bonds. The van der Waals surface area contributed by atoms with Crippen LogP contribution in [0, 0.1) is 11.3 Å². The summed E-state index contributed by atoms with van der Waals surface area (Å²) in [6, 6.07) is 5.59. The molecule has 1 aromatic carbocycles. The first-order valence-electron chi connectivity index (χ1n) is 6.14. The number of alkyl halides is 3. The van der Waals surface area contributed by atoms with Crippen LogP contribution in [-0.4, -0.2) is 36.7 Å². The van der Waals surface area contributed by atoms with Gasteiger partial charge in [0.1, 0.15) is 0 Å². The van der Waals surface area contributed by atoms with E-state index in [1.54, 1.807) is 0 Å². The van der Waals surface area contributed by atoms with E-state index in [4.69, 9.17) is 10.00 Å². The van der Waals surface area contributed by atoms with E-state index in [1.807, 2.05) is 6.07 Å². The van der Waals surface area contributed by atoms with Crippen LogP contribution in [0.4, 0.5) is 23.7 Å². The van der Waals surface area contributed by atoms with Crippen LogP contribution in [0.5, 0.6) is 0 Å². The van der Waals surface area contributed by atoms with Crippen LogP contribution in [0.15, 0.2) is 24.3 Å². The Hall–Kier alpha value is -2.27. The molecular formula is C13H12F3N3O2. The average Bonchev–Trinajstić information content (AvgIpc) is 2.47. The zero-order valence-electron chi connectivity index (χ0n) is 10.9. The maximum absolute atomic E-state index is 12.4. The van der Waals surface area contributed by atoms with Crippen LogP contribution in [0.2, 0.25) is 0 Å². The number of nitrogens with one attached hydrogen (secondary N) is 1. The number of nitrogens with zero attached hydrogens (tertiary/aromatic N) is 2. The molecule has 1 aromatic rings. The summed E-state index contributed by atoms with van der Waals surface area (Å²) in [4.78, 5) is 13.3. The molecule has 0 aromatic heterocycles. The zero-order valence-corrected chi connectivity index (χ0v) is 10.9. The summed E-state index contributed by atoms with van der Waals surface area (Å²) in [5.74, 6) is 0. The third-order valence-electron chi connectivity index (χ3n) is 2.96.